The number of terminal acetylenes is 1. The fourth-order valence-corrected chi connectivity index (χ4v) is 2.09. The lowest BCUT2D eigenvalue weighted by atomic mass is 10.2. The highest BCUT2D eigenvalue weighted by Gasteiger charge is 2.36. The van der Waals surface area contributed by atoms with Gasteiger partial charge in [0.1, 0.15) is 0 Å². The largest absolute Gasteiger partial charge is 0.130 e. The summed E-state index contributed by atoms with van der Waals surface area (Å²) in [5.41, 5.74) is 0.740. The van der Waals surface area contributed by atoms with Crippen molar-refractivity contribution in [2.24, 2.45) is 0 Å². The molecular weight excluding hydrogens is 160 g/mol. The SMILES string of the molecule is C#CC(C)(C)[Si](C)(C)CCl. The van der Waals surface area contributed by atoms with Crippen LogP contribution < -0.4 is 0 Å². The van der Waals surface area contributed by atoms with Crippen molar-refractivity contribution < 1.29 is 0 Å². The smallest absolute Gasteiger partial charge is 0.0834 e. The zero-order valence-electron chi connectivity index (χ0n) is 7.16. The van der Waals surface area contributed by atoms with Crippen LogP contribution in [-0.2, 0) is 0 Å². The van der Waals surface area contributed by atoms with Crippen molar-refractivity contribution in [3.05, 3.63) is 0 Å². The van der Waals surface area contributed by atoms with Gasteiger partial charge in [-0.3, -0.25) is 0 Å². The predicted octanol–water partition coefficient (Wildman–Crippen LogP) is 2.89. The fraction of sp³-hybridized carbons (Fsp3) is 0.750. The first-order valence-corrected chi connectivity index (χ1v) is 7.15. The van der Waals surface area contributed by atoms with Crippen LogP contribution in [0.4, 0.5) is 0 Å². The molecule has 0 amide bonds. The van der Waals surface area contributed by atoms with E-state index in [1.165, 1.54) is 0 Å². The molecule has 58 valence electrons. The summed E-state index contributed by atoms with van der Waals surface area (Å²) in [6, 6.07) is 0. The van der Waals surface area contributed by atoms with Crippen molar-refractivity contribution in [2.75, 3.05) is 5.50 Å². The zero-order chi connectivity index (χ0) is 8.41. The Balaban J connectivity index is 4.49. The van der Waals surface area contributed by atoms with Gasteiger partial charge >= 0.3 is 0 Å². The Morgan fingerprint density at radius 2 is 1.90 bits per heavy atom. The number of hydrogen-bond acceptors (Lipinski definition) is 0. The maximum atomic E-state index is 5.82. The van der Waals surface area contributed by atoms with E-state index in [0.29, 0.717) is 0 Å². The summed E-state index contributed by atoms with van der Waals surface area (Å²) in [4.78, 5) is 0. The summed E-state index contributed by atoms with van der Waals surface area (Å²) >= 11 is 5.82. The summed E-state index contributed by atoms with van der Waals surface area (Å²) < 4.78 is 0. The lowest BCUT2D eigenvalue weighted by molar-refractivity contribution is 0.842. The summed E-state index contributed by atoms with van der Waals surface area (Å²) in [6.45, 7) is 8.64. The lowest BCUT2D eigenvalue weighted by Gasteiger charge is -2.33. The Labute approximate surface area is 70.0 Å². The topological polar surface area (TPSA) is 0 Å². The van der Waals surface area contributed by atoms with E-state index in [4.69, 9.17) is 18.0 Å². The first-order valence-electron chi connectivity index (χ1n) is 3.41. The minimum absolute atomic E-state index is 0.0226. The number of halogens is 1. The van der Waals surface area contributed by atoms with Gasteiger partial charge in [-0.1, -0.05) is 26.9 Å². The zero-order valence-corrected chi connectivity index (χ0v) is 8.92. The Bertz CT molecular complexity index is 153. The van der Waals surface area contributed by atoms with Gasteiger partial charge in [-0.15, -0.1) is 23.9 Å². The van der Waals surface area contributed by atoms with Crippen LogP contribution in [0.3, 0.4) is 0 Å². The second-order valence-electron chi connectivity index (χ2n) is 3.79. The third-order valence-corrected chi connectivity index (χ3v) is 8.59. The molecule has 0 fully saturated rings. The monoisotopic (exact) mass is 174 g/mol. The minimum Gasteiger partial charge on any atom is -0.130 e. The van der Waals surface area contributed by atoms with Crippen molar-refractivity contribution in [3.63, 3.8) is 0 Å². The van der Waals surface area contributed by atoms with Crippen molar-refractivity contribution >= 4 is 19.7 Å². The minimum atomic E-state index is -1.38. The van der Waals surface area contributed by atoms with E-state index in [1.54, 1.807) is 0 Å². The van der Waals surface area contributed by atoms with E-state index < -0.39 is 8.07 Å². The number of hydrogen-bond donors (Lipinski definition) is 0. The molecule has 0 aliphatic heterocycles. The molecule has 0 bridgehead atoms. The molecule has 0 nitrogen and oxygen atoms in total. The summed E-state index contributed by atoms with van der Waals surface area (Å²) in [5, 5.41) is 0.0226. The molecule has 0 rings (SSSR count). The summed E-state index contributed by atoms with van der Waals surface area (Å²) in [7, 11) is -1.38. The number of rotatable bonds is 2. The molecule has 0 aromatic carbocycles. The van der Waals surface area contributed by atoms with Crippen LogP contribution >= 0.6 is 11.6 Å². The molecule has 0 heterocycles. The van der Waals surface area contributed by atoms with Gasteiger partial charge in [0, 0.05) is 10.5 Å². The van der Waals surface area contributed by atoms with Crippen LogP contribution in [0.1, 0.15) is 13.8 Å². The lowest BCUT2D eigenvalue weighted by Crippen LogP contribution is -2.40. The van der Waals surface area contributed by atoms with Crippen molar-refractivity contribution in [2.45, 2.75) is 32.0 Å². The molecule has 0 N–H and O–H groups in total. The van der Waals surface area contributed by atoms with Crippen LogP contribution in [0.15, 0.2) is 0 Å². The second kappa shape index (κ2) is 2.98. The van der Waals surface area contributed by atoms with Gasteiger partial charge < -0.3 is 0 Å². The Morgan fingerprint density at radius 1 is 1.50 bits per heavy atom. The quantitative estimate of drug-likeness (QED) is 0.343. The molecule has 0 radical (unpaired) electrons. The number of alkyl halides is 1. The Kier molecular flexibility index (Phi) is 3.00. The van der Waals surface area contributed by atoms with E-state index in [9.17, 15) is 0 Å². The molecule has 10 heavy (non-hydrogen) atoms. The molecule has 0 aliphatic rings. The molecule has 2 heteroatoms. The maximum absolute atomic E-state index is 5.82. The van der Waals surface area contributed by atoms with Crippen molar-refractivity contribution in [1.82, 2.24) is 0 Å². The van der Waals surface area contributed by atoms with Gasteiger partial charge in [-0.2, -0.15) is 0 Å². The molecule has 0 atom stereocenters. The normalized spacial score (nSPS) is 12.8. The molecule has 0 saturated heterocycles. The molecule has 0 aromatic rings. The molecule has 0 aliphatic carbocycles. The van der Waals surface area contributed by atoms with Gasteiger partial charge in [-0.05, 0) is 0 Å². The van der Waals surface area contributed by atoms with Gasteiger partial charge in [-0.25, -0.2) is 0 Å². The molecule has 0 saturated carbocycles. The molecular formula is C8H15ClSi. The van der Waals surface area contributed by atoms with Gasteiger partial charge in [0.25, 0.3) is 0 Å². The highest BCUT2D eigenvalue weighted by Crippen LogP contribution is 2.36. The van der Waals surface area contributed by atoms with Gasteiger partial charge in [0.05, 0.1) is 8.07 Å². The summed E-state index contributed by atoms with van der Waals surface area (Å²) in [6.07, 6.45) is 5.39. The molecule has 0 aromatic heterocycles. The van der Waals surface area contributed by atoms with E-state index in [1.807, 2.05) is 0 Å². The van der Waals surface area contributed by atoms with Gasteiger partial charge in [0.2, 0.25) is 0 Å². The Hall–Kier alpha value is 0.0669. The average Bonchev–Trinajstić information content (AvgIpc) is 1.88. The fourth-order valence-electron chi connectivity index (χ4n) is 0.362. The van der Waals surface area contributed by atoms with E-state index >= 15 is 0 Å². The molecule has 0 unspecified atom stereocenters. The highest BCUT2D eigenvalue weighted by atomic mass is 35.5. The third-order valence-electron chi connectivity index (χ3n) is 2.39. The van der Waals surface area contributed by atoms with Gasteiger partial charge in [0.15, 0.2) is 0 Å². The van der Waals surface area contributed by atoms with E-state index in [2.05, 4.69) is 32.9 Å². The average molecular weight is 175 g/mol. The van der Waals surface area contributed by atoms with E-state index in [-0.39, 0.29) is 5.04 Å². The van der Waals surface area contributed by atoms with Crippen molar-refractivity contribution in [3.8, 4) is 12.3 Å². The first kappa shape index (κ1) is 10.1. The summed E-state index contributed by atoms with van der Waals surface area (Å²) in [5.74, 6) is 2.81. The van der Waals surface area contributed by atoms with Crippen LogP contribution in [0, 0.1) is 12.3 Å². The van der Waals surface area contributed by atoms with Crippen molar-refractivity contribution in [1.29, 1.82) is 0 Å². The predicted molar refractivity (Wildman–Crippen MR) is 51.1 cm³/mol. The first-order chi connectivity index (χ1) is 4.37. The Morgan fingerprint density at radius 3 is 2.00 bits per heavy atom. The van der Waals surface area contributed by atoms with E-state index in [0.717, 1.165) is 5.50 Å². The second-order valence-corrected chi connectivity index (χ2v) is 9.87. The maximum Gasteiger partial charge on any atom is 0.0834 e. The standard InChI is InChI=1S/C8H15ClSi/c1-6-8(2,3)10(4,5)7-9/h1H,7H2,2-5H3. The van der Waals surface area contributed by atoms with Crippen LogP contribution in [-0.4, -0.2) is 13.6 Å². The van der Waals surface area contributed by atoms with Crippen LogP contribution in [0.25, 0.3) is 0 Å². The molecule has 0 spiro atoms. The van der Waals surface area contributed by atoms with Crippen LogP contribution in [0.2, 0.25) is 18.1 Å². The highest BCUT2D eigenvalue weighted by molar-refractivity contribution is 6.86. The third kappa shape index (κ3) is 1.77. The van der Waals surface area contributed by atoms with Crippen LogP contribution in [0.5, 0.6) is 0 Å².